The van der Waals surface area contributed by atoms with Crippen molar-refractivity contribution in [3.8, 4) is 0 Å². The number of likely N-dealkylation sites (tertiary alicyclic amines) is 1. The molecule has 0 radical (unpaired) electrons. The van der Waals surface area contributed by atoms with Crippen LogP contribution in [-0.2, 0) is 6.54 Å². The van der Waals surface area contributed by atoms with E-state index >= 15 is 0 Å². The van der Waals surface area contributed by atoms with Crippen molar-refractivity contribution in [1.82, 2.24) is 20.0 Å². The van der Waals surface area contributed by atoms with Gasteiger partial charge in [0.25, 0.3) is 5.91 Å². The summed E-state index contributed by atoms with van der Waals surface area (Å²) in [6.07, 6.45) is 0.987. The molecule has 18 heavy (non-hydrogen) atoms. The fourth-order valence-corrected chi connectivity index (χ4v) is 2.37. The van der Waals surface area contributed by atoms with Gasteiger partial charge in [0.2, 0.25) is 0 Å². The predicted molar refractivity (Wildman–Crippen MR) is 70.4 cm³/mol. The van der Waals surface area contributed by atoms with Gasteiger partial charge in [-0.05, 0) is 33.9 Å². The fraction of sp³-hybridized carbons (Fsp3) is 0.667. The van der Waals surface area contributed by atoms with Crippen LogP contribution in [0.15, 0.2) is 0 Å². The van der Waals surface area contributed by atoms with Crippen LogP contribution in [0.4, 0.5) is 5.69 Å². The predicted octanol–water partition coefficient (Wildman–Crippen LogP) is 0.228. The number of rotatable bonds is 3. The molecule has 0 bridgehead atoms. The fourth-order valence-electron chi connectivity index (χ4n) is 2.37. The number of nitrogens with zero attached hydrogens (tertiary/aromatic N) is 3. The summed E-state index contributed by atoms with van der Waals surface area (Å²) >= 11 is 0. The zero-order valence-electron chi connectivity index (χ0n) is 11.2. The van der Waals surface area contributed by atoms with Crippen LogP contribution >= 0.6 is 0 Å². The molecule has 0 aromatic carbocycles. The van der Waals surface area contributed by atoms with E-state index in [0.29, 0.717) is 23.6 Å². The Labute approximate surface area is 107 Å². The molecule has 1 aliphatic rings. The Balaban J connectivity index is 2.13. The summed E-state index contributed by atoms with van der Waals surface area (Å²) in [5, 5.41) is 7.29. The minimum absolute atomic E-state index is 0.116. The lowest BCUT2D eigenvalue weighted by atomic mass is 10.2. The third-order valence-corrected chi connectivity index (χ3v) is 3.41. The first-order valence-corrected chi connectivity index (χ1v) is 6.35. The maximum atomic E-state index is 12.3. The number of carbonyl (C=O) groups excluding carboxylic acids is 1. The molecule has 2 rings (SSSR count). The van der Waals surface area contributed by atoms with Crippen molar-refractivity contribution in [2.75, 3.05) is 25.9 Å². The smallest absolute Gasteiger partial charge is 0.271 e. The van der Waals surface area contributed by atoms with Gasteiger partial charge in [-0.1, -0.05) is 0 Å². The van der Waals surface area contributed by atoms with Crippen molar-refractivity contribution >= 4 is 11.6 Å². The molecule has 1 unspecified atom stereocenters. The molecule has 1 aromatic heterocycles. The van der Waals surface area contributed by atoms with Crippen molar-refractivity contribution in [3.63, 3.8) is 0 Å². The molecule has 2 heterocycles. The van der Waals surface area contributed by atoms with Crippen LogP contribution in [0, 0.1) is 6.92 Å². The zero-order valence-corrected chi connectivity index (χ0v) is 11.2. The van der Waals surface area contributed by atoms with Crippen LogP contribution < -0.4 is 11.1 Å². The van der Waals surface area contributed by atoms with E-state index in [1.54, 1.807) is 4.68 Å². The number of nitrogens with two attached hydrogens (primary N) is 1. The Morgan fingerprint density at radius 3 is 2.89 bits per heavy atom. The second-order valence-corrected chi connectivity index (χ2v) is 4.88. The normalized spacial score (nSPS) is 20.3. The number of amides is 1. The molecule has 100 valence electrons. The Bertz CT molecular complexity index is 454. The number of anilines is 1. The van der Waals surface area contributed by atoms with E-state index in [2.05, 4.69) is 22.4 Å². The molecular weight excluding hydrogens is 230 g/mol. The average Bonchev–Trinajstić information content (AvgIpc) is 2.84. The maximum Gasteiger partial charge on any atom is 0.271 e. The van der Waals surface area contributed by atoms with E-state index in [9.17, 15) is 4.79 Å². The van der Waals surface area contributed by atoms with Gasteiger partial charge in [-0.2, -0.15) is 5.10 Å². The third kappa shape index (κ3) is 2.33. The molecule has 0 spiro atoms. The molecule has 1 fully saturated rings. The lowest BCUT2D eigenvalue weighted by molar-refractivity contribution is 0.0928. The van der Waals surface area contributed by atoms with Crippen LogP contribution in [0.2, 0.25) is 0 Å². The summed E-state index contributed by atoms with van der Waals surface area (Å²) in [5.74, 6) is -0.116. The van der Waals surface area contributed by atoms with Gasteiger partial charge >= 0.3 is 0 Å². The number of aryl methyl sites for hydroxylation is 2. The van der Waals surface area contributed by atoms with E-state index in [4.69, 9.17) is 5.73 Å². The lowest BCUT2D eigenvalue weighted by Crippen LogP contribution is -2.37. The number of likely N-dealkylation sites (N-methyl/N-ethyl adjacent to an activating group) is 1. The number of nitrogen functional groups attached to an aromatic ring is 1. The molecule has 3 N–H and O–H groups in total. The van der Waals surface area contributed by atoms with Crippen molar-refractivity contribution in [2.45, 2.75) is 32.9 Å². The largest absolute Gasteiger partial charge is 0.395 e. The molecule has 6 heteroatoms. The Morgan fingerprint density at radius 1 is 1.61 bits per heavy atom. The van der Waals surface area contributed by atoms with Crippen LogP contribution in [0.1, 0.15) is 29.5 Å². The van der Waals surface area contributed by atoms with Crippen LogP contribution in [0.25, 0.3) is 0 Å². The molecular formula is C12H21N5O. The topological polar surface area (TPSA) is 76.2 Å². The first-order valence-electron chi connectivity index (χ1n) is 6.35. The van der Waals surface area contributed by atoms with Gasteiger partial charge in [-0.15, -0.1) is 0 Å². The van der Waals surface area contributed by atoms with Gasteiger partial charge in [0.1, 0.15) is 5.69 Å². The minimum Gasteiger partial charge on any atom is -0.395 e. The highest BCUT2D eigenvalue weighted by atomic mass is 16.2. The van der Waals surface area contributed by atoms with Gasteiger partial charge in [0, 0.05) is 19.1 Å². The van der Waals surface area contributed by atoms with E-state index in [1.807, 2.05) is 13.8 Å². The minimum atomic E-state index is -0.116. The van der Waals surface area contributed by atoms with Crippen molar-refractivity contribution in [1.29, 1.82) is 0 Å². The van der Waals surface area contributed by atoms with Gasteiger partial charge in [0.05, 0.1) is 11.4 Å². The van der Waals surface area contributed by atoms with E-state index < -0.39 is 0 Å². The van der Waals surface area contributed by atoms with Gasteiger partial charge in [-0.3, -0.25) is 9.48 Å². The van der Waals surface area contributed by atoms with Gasteiger partial charge in [-0.25, -0.2) is 0 Å². The highest BCUT2D eigenvalue weighted by Crippen LogP contribution is 2.17. The Morgan fingerprint density at radius 2 is 2.33 bits per heavy atom. The van der Waals surface area contributed by atoms with Crippen LogP contribution in [0.3, 0.4) is 0 Å². The first kappa shape index (κ1) is 12.9. The number of nitrogens with one attached hydrogen (secondary N) is 1. The summed E-state index contributed by atoms with van der Waals surface area (Å²) in [6, 6.07) is 0.211. The molecule has 1 atom stereocenters. The number of hydrogen-bond donors (Lipinski definition) is 2. The summed E-state index contributed by atoms with van der Waals surface area (Å²) < 4.78 is 1.67. The van der Waals surface area contributed by atoms with Crippen molar-refractivity contribution in [3.05, 3.63) is 11.4 Å². The maximum absolute atomic E-state index is 12.3. The number of hydrogen-bond acceptors (Lipinski definition) is 4. The zero-order chi connectivity index (χ0) is 13.3. The molecule has 0 saturated carbocycles. The summed E-state index contributed by atoms with van der Waals surface area (Å²) in [4.78, 5) is 14.5. The quantitative estimate of drug-likeness (QED) is 0.806. The highest BCUT2D eigenvalue weighted by molar-refractivity contribution is 5.98. The van der Waals surface area contributed by atoms with E-state index in [0.717, 1.165) is 19.5 Å². The summed E-state index contributed by atoms with van der Waals surface area (Å²) in [7, 11) is 2.06. The van der Waals surface area contributed by atoms with Crippen molar-refractivity contribution < 1.29 is 4.79 Å². The number of carbonyl (C=O) groups is 1. The van der Waals surface area contributed by atoms with Gasteiger partial charge in [0.15, 0.2) is 0 Å². The van der Waals surface area contributed by atoms with Crippen LogP contribution in [0.5, 0.6) is 0 Å². The van der Waals surface area contributed by atoms with Crippen molar-refractivity contribution in [2.24, 2.45) is 0 Å². The lowest BCUT2D eigenvalue weighted by Gasteiger charge is -2.13. The van der Waals surface area contributed by atoms with E-state index in [-0.39, 0.29) is 11.9 Å². The molecule has 1 aliphatic heterocycles. The summed E-state index contributed by atoms with van der Waals surface area (Å²) in [6.45, 7) is 6.33. The first-order chi connectivity index (χ1) is 8.52. The molecule has 0 aliphatic carbocycles. The van der Waals surface area contributed by atoms with E-state index in [1.165, 1.54) is 0 Å². The standard InChI is InChI=1S/C12H21N5O/c1-4-17-11(10(13)8(2)15-17)12(18)14-9-5-6-16(3)7-9/h9H,4-7,13H2,1-3H3,(H,14,18). The molecule has 6 nitrogen and oxygen atoms in total. The Kier molecular flexibility index (Phi) is 3.56. The highest BCUT2D eigenvalue weighted by Gasteiger charge is 2.25. The second kappa shape index (κ2) is 4.97. The SMILES string of the molecule is CCn1nc(C)c(N)c1C(=O)NC1CCN(C)C1. The van der Waals surface area contributed by atoms with Crippen LogP contribution in [-0.4, -0.2) is 46.8 Å². The third-order valence-electron chi connectivity index (χ3n) is 3.41. The summed E-state index contributed by atoms with van der Waals surface area (Å²) in [5.41, 5.74) is 7.62. The molecule has 1 amide bonds. The second-order valence-electron chi connectivity index (χ2n) is 4.88. The Hall–Kier alpha value is -1.56. The molecule has 1 saturated heterocycles. The molecule has 1 aromatic rings. The number of aromatic nitrogens is 2. The monoisotopic (exact) mass is 251 g/mol. The van der Waals surface area contributed by atoms with Gasteiger partial charge < -0.3 is 16.0 Å². The average molecular weight is 251 g/mol.